The van der Waals surface area contributed by atoms with Crippen molar-refractivity contribution in [3.63, 3.8) is 0 Å². The van der Waals surface area contributed by atoms with Crippen LogP contribution in [0.5, 0.6) is 11.5 Å². The molecule has 0 spiro atoms. The molecule has 0 fully saturated rings. The summed E-state index contributed by atoms with van der Waals surface area (Å²) in [6.07, 6.45) is 0.342. The molecule has 6 heteroatoms. The molecule has 0 saturated carbocycles. The Labute approximate surface area is 139 Å². The molecule has 116 valence electrons. The standard InChI is InChI=1S/C16H17NO4.Cr/c18-14-4-2-1-3-12(14)10-17-13-7-5-11(9-15(13)19)6-8-16(20)21;/h1-5,7,9,17-19H,6,8,10H2,(H,20,21);/p-1. The van der Waals surface area contributed by atoms with E-state index in [0.717, 1.165) is 0 Å². The van der Waals surface area contributed by atoms with E-state index < -0.39 is 5.97 Å². The Kier molecular flexibility index (Phi) is 6.77. The van der Waals surface area contributed by atoms with Gasteiger partial charge in [-0.2, -0.15) is 0 Å². The fourth-order valence-electron chi connectivity index (χ4n) is 1.97. The van der Waals surface area contributed by atoms with Crippen molar-refractivity contribution in [2.75, 3.05) is 5.32 Å². The van der Waals surface area contributed by atoms with Crippen LogP contribution in [0.1, 0.15) is 17.5 Å². The predicted molar refractivity (Wildman–Crippen MR) is 77.3 cm³/mol. The Morgan fingerprint density at radius 1 is 1.18 bits per heavy atom. The number of benzene rings is 2. The summed E-state index contributed by atoms with van der Waals surface area (Å²) in [4.78, 5) is 10.5. The molecule has 0 aliphatic carbocycles. The third-order valence-corrected chi connectivity index (χ3v) is 3.13. The van der Waals surface area contributed by atoms with Crippen LogP contribution in [0.3, 0.4) is 0 Å². The molecule has 0 aromatic heterocycles. The van der Waals surface area contributed by atoms with Gasteiger partial charge in [-0.05, 0) is 24.1 Å². The third-order valence-electron chi connectivity index (χ3n) is 3.13. The van der Waals surface area contributed by atoms with Crippen LogP contribution in [-0.4, -0.2) is 16.2 Å². The maximum atomic E-state index is 11.9. The van der Waals surface area contributed by atoms with Gasteiger partial charge in [0, 0.05) is 41.6 Å². The van der Waals surface area contributed by atoms with Gasteiger partial charge in [-0.1, -0.05) is 36.1 Å². The van der Waals surface area contributed by atoms with Crippen LogP contribution in [0.25, 0.3) is 0 Å². The molecular weight excluding hydrogens is 322 g/mol. The first-order valence-corrected chi connectivity index (χ1v) is 6.59. The molecule has 0 atom stereocenters. The van der Waals surface area contributed by atoms with Crippen LogP contribution in [0, 0.1) is 0 Å². The molecule has 2 rings (SSSR count). The number of aryl methyl sites for hydroxylation is 1. The van der Waals surface area contributed by atoms with Gasteiger partial charge in [0.25, 0.3) is 0 Å². The van der Waals surface area contributed by atoms with E-state index in [1.807, 2.05) is 6.07 Å². The van der Waals surface area contributed by atoms with Gasteiger partial charge >= 0.3 is 5.97 Å². The first-order valence-electron chi connectivity index (χ1n) is 6.59. The van der Waals surface area contributed by atoms with Crippen molar-refractivity contribution in [2.45, 2.75) is 19.4 Å². The van der Waals surface area contributed by atoms with Gasteiger partial charge in [0.05, 0.1) is 0 Å². The van der Waals surface area contributed by atoms with E-state index in [0.29, 0.717) is 29.8 Å². The van der Waals surface area contributed by atoms with Gasteiger partial charge in [0.1, 0.15) is 5.75 Å². The van der Waals surface area contributed by atoms with Gasteiger partial charge in [-0.3, -0.25) is 4.79 Å². The van der Waals surface area contributed by atoms with Crippen LogP contribution in [-0.2, 0) is 35.1 Å². The van der Waals surface area contributed by atoms with Crippen molar-refractivity contribution >= 4 is 11.7 Å². The summed E-state index contributed by atoms with van der Waals surface area (Å²) in [5.74, 6) is -0.895. The maximum absolute atomic E-state index is 11.9. The SMILES string of the molecule is O=C(O)CCc1ccc(NCc2ccccc2O)c([O-])c1.[Cr]. The summed E-state index contributed by atoms with van der Waals surface area (Å²) in [5.41, 5.74) is 1.83. The van der Waals surface area contributed by atoms with Gasteiger partial charge < -0.3 is 20.6 Å². The van der Waals surface area contributed by atoms with E-state index in [-0.39, 0.29) is 35.3 Å². The van der Waals surface area contributed by atoms with Crippen LogP contribution in [0.2, 0.25) is 0 Å². The summed E-state index contributed by atoms with van der Waals surface area (Å²) in [6.45, 7) is 0.344. The Balaban J connectivity index is 0.00000242. The van der Waals surface area contributed by atoms with Gasteiger partial charge in [-0.15, -0.1) is 0 Å². The second-order valence-electron chi connectivity index (χ2n) is 4.71. The minimum absolute atomic E-state index is 0. The molecule has 0 unspecified atom stereocenters. The van der Waals surface area contributed by atoms with E-state index in [1.165, 1.54) is 6.07 Å². The smallest absolute Gasteiger partial charge is 0.303 e. The predicted octanol–water partition coefficient (Wildman–Crippen LogP) is 2.09. The van der Waals surface area contributed by atoms with Gasteiger partial charge in [-0.25, -0.2) is 0 Å². The minimum Gasteiger partial charge on any atom is -0.871 e. The molecule has 0 aliphatic heterocycles. The van der Waals surface area contributed by atoms with Crippen LogP contribution >= 0.6 is 0 Å². The van der Waals surface area contributed by atoms with Crippen molar-refractivity contribution < 1.29 is 37.5 Å². The summed E-state index contributed by atoms with van der Waals surface area (Å²) in [7, 11) is 0. The number of carbonyl (C=O) groups is 1. The van der Waals surface area contributed by atoms with E-state index in [9.17, 15) is 15.0 Å². The summed E-state index contributed by atoms with van der Waals surface area (Å²) in [6, 6.07) is 11.7. The molecule has 2 aromatic rings. The van der Waals surface area contributed by atoms with E-state index >= 15 is 0 Å². The average Bonchev–Trinajstić information content (AvgIpc) is 2.45. The zero-order valence-corrected chi connectivity index (χ0v) is 13.1. The number of carboxylic acid groups (broad SMARTS) is 1. The molecule has 3 N–H and O–H groups in total. The number of para-hydroxylation sites is 1. The first kappa shape index (κ1) is 17.9. The second-order valence-corrected chi connectivity index (χ2v) is 4.71. The Bertz CT molecular complexity index is 646. The minimum atomic E-state index is -0.885. The maximum Gasteiger partial charge on any atom is 0.303 e. The summed E-state index contributed by atoms with van der Waals surface area (Å²) < 4.78 is 0. The number of aliphatic carboxylic acids is 1. The molecular formula is C16H16CrNO4-. The molecule has 0 radical (unpaired) electrons. The number of carboxylic acids is 1. The van der Waals surface area contributed by atoms with Gasteiger partial charge in [0.15, 0.2) is 0 Å². The van der Waals surface area contributed by atoms with Crippen molar-refractivity contribution in [2.24, 2.45) is 0 Å². The number of aromatic hydroxyl groups is 1. The number of phenols is 1. The average molecular weight is 338 g/mol. The van der Waals surface area contributed by atoms with E-state index in [2.05, 4.69) is 5.32 Å². The fraction of sp³-hybridized carbons (Fsp3) is 0.188. The van der Waals surface area contributed by atoms with Crippen LogP contribution in [0.15, 0.2) is 42.5 Å². The first-order chi connectivity index (χ1) is 10.1. The monoisotopic (exact) mass is 338 g/mol. The topological polar surface area (TPSA) is 92.6 Å². The normalized spacial score (nSPS) is 9.82. The van der Waals surface area contributed by atoms with Crippen molar-refractivity contribution in [1.29, 1.82) is 0 Å². The number of nitrogens with one attached hydrogen (secondary N) is 1. The van der Waals surface area contributed by atoms with E-state index in [1.54, 1.807) is 30.3 Å². The zero-order chi connectivity index (χ0) is 15.2. The zero-order valence-electron chi connectivity index (χ0n) is 11.8. The largest absolute Gasteiger partial charge is 0.871 e. The second kappa shape index (κ2) is 8.33. The van der Waals surface area contributed by atoms with Gasteiger partial charge in [0.2, 0.25) is 0 Å². The quantitative estimate of drug-likeness (QED) is 0.750. The Hall–Kier alpha value is -2.16. The number of rotatable bonds is 6. The summed E-state index contributed by atoms with van der Waals surface area (Å²) in [5, 5.41) is 33.2. The molecule has 22 heavy (non-hydrogen) atoms. The molecule has 0 heterocycles. The van der Waals surface area contributed by atoms with E-state index in [4.69, 9.17) is 5.11 Å². The third kappa shape index (κ3) is 4.99. The number of hydrogen-bond acceptors (Lipinski definition) is 4. The molecule has 0 saturated heterocycles. The molecule has 0 aliphatic rings. The van der Waals surface area contributed by atoms with Crippen LogP contribution < -0.4 is 10.4 Å². The Morgan fingerprint density at radius 2 is 1.91 bits per heavy atom. The molecule has 2 aromatic carbocycles. The van der Waals surface area contributed by atoms with Crippen molar-refractivity contribution in [1.82, 2.24) is 0 Å². The number of anilines is 1. The number of phenolic OH excluding ortho intramolecular Hbond substituents is 1. The number of hydrogen-bond donors (Lipinski definition) is 3. The Morgan fingerprint density at radius 3 is 2.55 bits per heavy atom. The van der Waals surface area contributed by atoms with Crippen molar-refractivity contribution in [3.05, 3.63) is 53.6 Å². The molecule has 5 nitrogen and oxygen atoms in total. The fourth-order valence-corrected chi connectivity index (χ4v) is 1.97. The molecule has 0 amide bonds. The van der Waals surface area contributed by atoms with Crippen molar-refractivity contribution in [3.8, 4) is 11.5 Å². The summed E-state index contributed by atoms with van der Waals surface area (Å²) >= 11 is 0. The molecule has 0 bridgehead atoms. The van der Waals surface area contributed by atoms with Crippen LogP contribution in [0.4, 0.5) is 5.69 Å².